The lowest BCUT2D eigenvalue weighted by molar-refractivity contribution is 0.0910. The summed E-state index contributed by atoms with van der Waals surface area (Å²) in [6.45, 7) is 8.45. The van der Waals surface area contributed by atoms with Crippen LogP contribution in [0.4, 0.5) is 0 Å². The van der Waals surface area contributed by atoms with Crippen LogP contribution in [0.25, 0.3) is 0 Å². The Hall–Kier alpha value is -13.5. The van der Waals surface area contributed by atoms with E-state index in [4.69, 9.17) is 56.8 Å². The molecule has 0 aromatic heterocycles. The van der Waals surface area contributed by atoms with Crippen molar-refractivity contribution in [1.82, 2.24) is 0 Å². The molecule has 0 bridgehead atoms. The van der Waals surface area contributed by atoms with Gasteiger partial charge in [-0.2, -0.15) is 0 Å². The van der Waals surface area contributed by atoms with E-state index < -0.39 is 0 Å². The van der Waals surface area contributed by atoms with Crippen LogP contribution in [-0.2, 0) is 0 Å². The molecule has 596 valence electrons. The third-order valence-electron chi connectivity index (χ3n) is 18.9. The summed E-state index contributed by atoms with van der Waals surface area (Å²) in [6, 6.07) is 63.9. The monoisotopic (exact) mass is 1570 g/mol. The van der Waals surface area contributed by atoms with Crippen molar-refractivity contribution in [3.05, 3.63) is 285 Å². The van der Waals surface area contributed by atoms with Crippen molar-refractivity contribution in [2.75, 3.05) is 80.3 Å². The zero-order valence-corrected chi connectivity index (χ0v) is 64.9. The van der Waals surface area contributed by atoms with Crippen molar-refractivity contribution < 1.29 is 105 Å². The predicted octanol–water partition coefficient (Wildman–Crippen LogP) is 17.2. The van der Waals surface area contributed by atoms with Crippen LogP contribution in [0.2, 0.25) is 0 Å². The van der Waals surface area contributed by atoms with Gasteiger partial charge >= 0.3 is 0 Å². The molecule has 15 rings (SSSR count). The van der Waals surface area contributed by atoms with Crippen LogP contribution in [0, 0.1) is 13.8 Å². The molecule has 0 N–H and O–H groups in total. The fraction of sp³-hybridized carbons (Fsp3) is 0.255. The van der Waals surface area contributed by atoms with Gasteiger partial charge in [0.15, 0.2) is 115 Å². The van der Waals surface area contributed by atoms with Crippen molar-refractivity contribution in [2.24, 2.45) is 0 Å². The molecule has 116 heavy (non-hydrogen) atoms. The molecule has 22 heteroatoms. The van der Waals surface area contributed by atoms with Gasteiger partial charge in [0.1, 0.15) is 77.6 Å². The predicted molar refractivity (Wildman–Crippen MR) is 431 cm³/mol. The lowest BCUT2D eigenvalue weighted by Crippen LogP contribution is -2.18. The molecule has 5 aliphatic rings. The van der Waals surface area contributed by atoms with E-state index in [9.17, 15) is 47.9 Å². The lowest BCUT2D eigenvalue weighted by atomic mass is 10.00. The molecular weight excluding hydrogens is 1480 g/mol. The number of para-hydroxylation sites is 6. The summed E-state index contributed by atoms with van der Waals surface area (Å²) in [6.07, 6.45) is 1.52. The number of methoxy groups -OCH3 is 2. The summed E-state index contributed by atoms with van der Waals surface area (Å²) in [4.78, 5) is 123. The number of ether oxygens (including phenoxy) is 12. The van der Waals surface area contributed by atoms with Gasteiger partial charge in [0.05, 0.1) is 47.6 Å². The Balaban J connectivity index is 0.000000143. The molecule has 0 fully saturated rings. The molecule has 0 spiro atoms. The normalized spacial score (nSPS) is 12.7. The second-order valence-electron chi connectivity index (χ2n) is 26.9. The third-order valence-corrected chi connectivity index (χ3v) is 18.9. The first-order valence-electron chi connectivity index (χ1n) is 38.2. The van der Waals surface area contributed by atoms with Gasteiger partial charge in [0.25, 0.3) is 0 Å². The van der Waals surface area contributed by atoms with E-state index in [1.807, 2.05) is 56.3 Å². The largest absolute Gasteiger partial charge is 0.497 e. The van der Waals surface area contributed by atoms with E-state index in [2.05, 4.69) is 0 Å². The quantitative estimate of drug-likeness (QED) is 0.0432. The minimum absolute atomic E-state index is 0.0275. The second-order valence-corrected chi connectivity index (χ2v) is 26.9. The maximum atomic E-state index is 12.5. The molecule has 0 radical (unpaired) electrons. The summed E-state index contributed by atoms with van der Waals surface area (Å²) in [5, 5.41) is 0. The Morgan fingerprint density at radius 2 is 0.474 bits per heavy atom. The van der Waals surface area contributed by atoms with Crippen LogP contribution in [0.15, 0.2) is 218 Å². The first kappa shape index (κ1) is 83.4. The molecule has 0 saturated heterocycles. The minimum Gasteiger partial charge on any atom is -0.497 e. The van der Waals surface area contributed by atoms with Crippen LogP contribution >= 0.6 is 0 Å². The maximum absolute atomic E-state index is 12.5. The Morgan fingerprint density at radius 3 is 0.784 bits per heavy atom. The number of carbonyl (C=O) groups is 10. The van der Waals surface area contributed by atoms with E-state index in [-0.39, 0.29) is 122 Å². The highest BCUT2D eigenvalue weighted by Gasteiger charge is 2.28. The number of ketones is 10. The van der Waals surface area contributed by atoms with Gasteiger partial charge in [-0.15, -0.1) is 0 Å². The molecular formula is C94H88O22. The highest BCUT2D eigenvalue weighted by Crippen LogP contribution is 2.40. The average molecular weight is 1570 g/mol. The SMILES string of the molecule is COc1cccc(C(=O)CCC(=O)c2cccc3c2OCCO3)c1.COc1ccccc1C(=O)CCC(=O)c1cccc2c1OCCO2.Cc1ccc(C(=O)CCC(=O)c2cccc3c2OCCO3)cc1.Cc1ccc(C(=O)CCC(=O)c2cccc3c2OCCO3)cc1.O=C(CCC(=O)c1cccc2c1OCCO2)c1ccccc1. The van der Waals surface area contributed by atoms with Crippen LogP contribution in [0.1, 0.15) is 179 Å². The van der Waals surface area contributed by atoms with E-state index in [0.717, 1.165) is 11.1 Å². The average Bonchev–Trinajstić information content (AvgIpc) is 0.832. The van der Waals surface area contributed by atoms with Gasteiger partial charge in [0.2, 0.25) is 0 Å². The van der Waals surface area contributed by atoms with Gasteiger partial charge < -0.3 is 56.8 Å². The molecule has 5 heterocycles. The number of fused-ring (bicyclic) bond motifs is 5. The number of hydrogen-bond donors (Lipinski definition) is 0. The summed E-state index contributed by atoms with van der Waals surface area (Å²) < 4.78 is 65.4. The van der Waals surface area contributed by atoms with Crippen LogP contribution in [-0.4, -0.2) is 138 Å². The van der Waals surface area contributed by atoms with Crippen molar-refractivity contribution in [3.63, 3.8) is 0 Å². The van der Waals surface area contributed by atoms with Crippen molar-refractivity contribution in [1.29, 1.82) is 0 Å². The zero-order chi connectivity index (χ0) is 81.7. The molecule has 0 aliphatic carbocycles. The maximum Gasteiger partial charge on any atom is 0.172 e. The molecule has 0 saturated carbocycles. The molecule has 5 aliphatic heterocycles. The summed E-state index contributed by atoms with van der Waals surface area (Å²) in [7, 11) is 3.07. The number of aryl methyl sites for hydroxylation is 2. The van der Waals surface area contributed by atoms with Crippen LogP contribution in [0.5, 0.6) is 69.0 Å². The van der Waals surface area contributed by atoms with Gasteiger partial charge in [-0.25, -0.2) is 0 Å². The fourth-order valence-electron chi connectivity index (χ4n) is 12.8. The zero-order valence-electron chi connectivity index (χ0n) is 64.9. The summed E-state index contributed by atoms with van der Waals surface area (Å²) >= 11 is 0. The van der Waals surface area contributed by atoms with Gasteiger partial charge in [-0.05, 0) is 98.8 Å². The molecule has 0 atom stereocenters. The Morgan fingerprint density at radius 1 is 0.233 bits per heavy atom. The number of carbonyl (C=O) groups excluding carboxylic acids is 10. The summed E-state index contributed by atoms with van der Waals surface area (Å²) in [5.74, 6) is 5.59. The first-order valence-corrected chi connectivity index (χ1v) is 38.2. The minimum atomic E-state index is -0.138. The molecule has 0 amide bonds. The fourth-order valence-corrected chi connectivity index (χ4v) is 12.8. The van der Waals surface area contributed by atoms with Gasteiger partial charge in [-0.3, -0.25) is 47.9 Å². The molecule has 22 nitrogen and oxygen atoms in total. The Labute approximate surface area is 671 Å². The molecule has 10 aromatic carbocycles. The van der Waals surface area contributed by atoms with E-state index in [0.29, 0.717) is 191 Å². The molecule has 10 aromatic rings. The standard InChI is InChI=1S/2C19H18O5.2C19H18O4.C18H16O4/c1-22-14-5-2-4-13(12-14)16(20)8-9-17(21)15-6-3-7-18-19(15)24-11-10-23-18;1-22-17-7-3-2-5-13(17)15(20)9-10-16(21)14-6-4-8-18-19(14)24-12-11-23-18;2*1-13-5-7-14(8-6-13)16(20)9-10-17(21)15-3-2-4-18-19(15)23-12-11-22-18;19-15(13-5-2-1-3-6-13)9-10-16(20)14-7-4-8-17-18(14)22-12-11-21-17/h2-7,12H,8-11H2,1H3;2-8H,9-12H2,1H3;2*2-8H,9-12H2,1H3;1-8H,9-12H2. The van der Waals surface area contributed by atoms with E-state index in [1.165, 1.54) is 7.11 Å². The highest BCUT2D eigenvalue weighted by atomic mass is 16.6. The van der Waals surface area contributed by atoms with Crippen LogP contribution in [0.3, 0.4) is 0 Å². The van der Waals surface area contributed by atoms with Crippen LogP contribution < -0.4 is 56.8 Å². The van der Waals surface area contributed by atoms with Gasteiger partial charge in [-0.1, -0.05) is 145 Å². The van der Waals surface area contributed by atoms with E-state index >= 15 is 0 Å². The first-order chi connectivity index (χ1) is 56.4. The number of hydrogen-bond acceptors (Lipinski definition) is 22. The highest BCUT2D eigenvalue weighted by molar-refractivity contribution is 6.08. The van der Waals surface area contributed by atoms with Gasteiger partial charge in [0, 0.05) is 86.5 Å². The van der Waals surface area contributed by atoms with Crippen molar-refractivity contribution in [2.45, 2.75) is 78.1 Å². The number of rotatable bonds is 27. The third kappa shape index (κ3) is 22.7. The number of Topliss-reactive ketones (excluding diaryl/α,β-unsaturated/α-hetero) is 10. The summed E-state index contributed by atoms with van der Waals surface area (Å²) in [5.41, 5.74) is 7.51. The Kier molecular flexibility index (Phi) is 30.1. The Bertz CT molecular complexity index is 5050. The topological polar surface area (TPSA) is 281 Å². The van der Waals surface area contributed by atoms with Crippen molar-refractivity contribution >= 4 is 57.8 Å². The lowest BCUT2D eigenvalue weighted by Gasteiger charge is -2.20. The smallest absolute Gasteiger partial charge is 0.172 e. The molecule has 0 unspecified atom stereocenters. The van der Waals surface area contributed by atoms with Crippen molar-refractivity contribution in [3.8, 4) is 69.0 Å². The van der Waals surface area contributed by atoms with E-state index in [1.54, 1.807) is 183 Å². The number of benzene rings is 10. The second kappa shape index (κ2) is 41.9.